The average Bonchev–Trinajstić information content (AvgIpc) is 2.67. The van der Waals surface area contributed by atoms with Gasteiger partial charge >= 0.3 is 0 Å². The molecule has 0 aliphatic heterocycles. The first-order valence-corrected chi connectivity index (χ1v) is 8.85. The highest BCUT2D eigenvalue weighted by Gasteiger charge is 2.02. The highest BCUT2D eigenvalue weighted by molar-refractivity contribution is 6.39. The van der Waals surface area contributed by atoms with Gasteiger partial charge in [0, 0.05) is 34.3 Å². The first-order chi connectivity index (χ1) is 13.1. The van der Waals surface area contributed by atoms with E-state index >= 15 is 0 Å². The number of aliphatic imine (C=N–C) groups is 2. The van der Waals surface area contributed by atoms with Gasteiger partial charge in [0.1, 0.15) is 0 Å². The molecule has 0 amide bonds. The van der Waals surface area contributed by atoms with Crippen molar-refractivity contribution in [3.8, 4) is 0 Å². The van der Waals surface area contributed by atoms with E-state index in [0.717, 1.165) is 11.1 Å². The Hall–Kier alpha value is -2.70. The van der Waals surface area contributed by atoms with Crippen LogP contribution in [0.25, 0.3) is 0 Å². The molecule has 0 saturated carbocycles. The highest BCUT2D eigenvalue weighted by Crippen LogP contribution is 2.11. The third-order valence-corrected chi connectivity index (χ3v) is 4.02. The largest absolute Gasteiger partial charge is 0.411 e. The van der Waals surface area contributed by atoms with Crippen molar-refractivity contribution < 1.29 is 10.4 Å². The molecule has 0 atom stereocenters. The zero-order valence-corrected chi connectivity index (χ0v) is 15.8. The van der Waals surface area contributed by atoms with Gasteiger partial charge in [-0.25, -0.2) is 0 Å². The fraction of sp³-hybridized carbons (Fsp3) is 0.158. The van der Waals surface area contributed by atoms with E-state index in [4.69, 9.17) is 33.6 Å². The number of benzene rings is 2. The van der Waals surface area contributed by atoms with Gasteiger partial charge in [-0.15, -0.1) is 0 Å². The van der Waals surface area contributed by atoms with Gasteiger partial charge in [0.25, 0.3) is 0 Å². The zero-order chi connectivity index (χ0) is 19.5. The Morgan fingerprint density at radius 1 is 0.704 bits per heavy atom. The van der Waals surface area contributed by atoms with Gasteiger partial charge in [-0.05, 0) is 30.7 Å². The Kier molecular flexibility index (Phi) is 8.48. The van der Waals surface area contributed by atoms with Gasteiger partial charge in [-0.1, -0.05) is 57.8 Å². The molecule has 2 N–H and O–H groups in total. The van der Waals surface area contributed by atoms with Crippen molar-refractivity contribution >= 4 is 47.1 Å². The van der Waals surface area contributed by atoms with Crippen LogP contribution in [0.3, 0.4) is 0 Å². The van der Waals surface area contributed by atoms with Crippen molar-refractivity contribution in [3.05, 3.63) is 69.7 Å². The Morgan fingerprint density at radius 3 is 1.41 bits per heavy atom. The topological polar surface area (TPSA) is 89.9 Å². The monoisotopic (exact) mass is 404 g/mol. The summed E-state index contributed by atoms with van der Waals surface area (Å²) in [6, 6.07) is 14.2. The summed E-state index contributed by atoms with van der Waals surface area (Å²) in [5.41, 5.74) is 2.70. The lowest BCUT2D eigenvalue weighted by atomic mass is 10.1. The normalized spacial score (nSPS) is 13.0. The third-order valence-electron chi connectivity index (χ3n) is 3.52. The second kappa shape index (κ2) is 11.1. The Bertz CT molecular complexity index is 774. The molecule has 140 valence electrons. The maximum atomic E-state index is 8.83. The molecule has 27 heavy (non-hydrogen) atoms. The van der Waals surface area contributed by atoms with Crippen molar-refractivity contribution in [2.45, 2.75) is 6.42 Å². The lowest BCUT2D eigenvalue weighted by molar-refractivity contribution is 0.322. The van der Waals surface area contributed by atoms with Crippen LogP contribution in [-0.4, -0.2) is 47.4 Å². The third kappa shape index (κ3) is 6.84. The van der Waals surface area contributed by atoms with E-state index in [-0.39, 0.29) is 0 Å². The maximum absolute atomic E-state index is 8.83. The predicted octanol–water partition coefficient (Wildman–Crippen LogP) is 4.58. The first kappa shape index (κ1) is 20.6. The van der Waals surface area contributed by atoms with E-state index in [2.05, 4.69) is 20.3 Å². The van der Waals surface area contributed by atoms with Crippen molar-refractivity contribution in [2.75, 3.05) is 13.1 Å². The molecule has 0 fully saturated rings. The predicted molar refractivity (Wildman–Crippen MR) is 111 cm³/mol. The summed E-state index contributed by atoms with van der Waals surface area (Å²) < 4.78 is 0. The lowest BCUT2D eigenvalue weighted by Gasteiger charge is -2.03. The molecule has 0 radical (unpaired) electrons. The summed E-state index contributed by atoms with van der Waals surface area (Å²) in [5, 5.41) is 25.0. The number of oxime groups is 2. The molecule has 0 aliphatic carbocycles. The van der Waals surface area contributed by atoms with Crippen molar-refractivity contribution in [2.24, 2.45) is 20.3 Å². The summed E-state index contributed by atoms with van der Waals surface area (Å²) in [6.07, 6.45) is 3.22. The van der Waals surface area contributed by atoms with Crippen molar-refractivity contribution in [1.82, 2.24) is 0 Å². The molecule has 6 nitrogen and oxygen atoms in total. The van der Waals surface area contributed by atoms with E-state index in [9.17, 15) is 0 Å². The second-order valence-corrected chi connectivity index (χ2v) is 6.26. The SMILES string of the molecule is O/N=C/C(=NCCCN=C(/C=N/O)c1ccc(Cl)cc1)c1ccc(Cl)cc1. The number of nitrogens with zero attached hydrogens (tertiary/aromatic N) is 4. The zero-order valence-electron chi connectivity index (χ0n) is 14.3. The summed E-state index contributed by atoms with van der Waals surface area (Å²) >= 11 is 11.8. The molecule has 2 aromatic rings. The average molecular weight is 405 g/mol. The van der Waals surface area contributed by atoms with E-state index < -0.39 is 0 Å². The number of hydrogen-bond donors (Lipinski definition) is 2. The summed E-state index contributed by atoms with van der Waals surface area (Å²) in [7, 11) is 0. The van der Waals surface area contributed by atoms with Crippen LogP contribution in [0.5, 0.6) is 0 Å². The second-order valence-electron chi connectivity index (χ2n) is 5.39. The van der Waals surface area contributed by atoms with Crippen LogP contribution in [0.1, 0.15) is 17.5 Å². The highest BCUT2D eigenvalue weighted by atomic mass is 35.5. The van der Waals surface area contributed by atoms with Gasteiger partial charge < -0.3 is 10.4 Å². The first-order valence-electron chi connectivity index (χ1n) is 8.09. The molecular weight excluding hydrogens is 387 g/mol. The van der Waals surface area contributed by atoms with Crippen LogP contribution in [0.15, 0.2) is 68.8 Å². The quantitative estimate of drug-likeness (QED) is 0.291. The number of hydrogen-bond acceptors (Lipinski definition) is 6. The fourth-order valence-corrected chi connectivity index (χ4v) is 2.49. The van der Waals surface area contributed by atoms with Crippen LogP contribution in [0, 0.1) is 0 Å². The Morgan fingerprint density at radius 2 is 1.07 bits per heavy atom. The molecule has 0 unspecified atom stereocenters. The van der Waals surface area contributed by atoms with Gasteiger partial charge in [-0.2, -0.15) is 0 Å². The molecular formula is C19H18Cl2N4O2. The summed E-state index contributed by atoms with van der Waals surface area (Å²) in [5.74, 6) is 0. The molecule has 2 aromatic carbocycles. The number of halogens is 2. The Labute approximate surface area is 167 Å². The minimum atomic E-state index is 0.484. The minimum absolute atomic E-state index is 0.484. The number of rotatable bonds is 8. The smallest absolute Gasteiger partial charge is 0.0919 e. The van der Waals surface area contributed by atoms with Crippen molar-refractivity contribution in [1.29, 1.82) is 0 Å². The molecule has 0 bridgehead atoms. The van der Waals surface area contributed by atoms with E-state index in [1.165, 1.54) is 12.4 Å². The molecule has 2 rings (SSSR count). The minimum Gasteiger partial charge on any atom is -0.411 e. The lowest BCUT2D eigenvalue weighted by Crippen LogP contribution is -2.06. The van der Waals surface area contributed by atoms with Crippen LogP contribution >= 0.6 is 23.2 Å². The van der Waals surface area contributed by atoms with Gasteiger partial charge in [-0.3, -0.25) is 9.98 Å². The van der Waals surface area contributed by atoms with Gasteiger partial charge in [0.15, 0.2) is 0 Å². The van der Waals surface area contributed by atoms with Crippen molar-refractivity contribution in [3.63, 3.8) is 0 Å². The van der Waals surface area contributed by atoms with E-state index in [0.29, 0.717) is 41.0 Å². The molecule has 0 aliphatic rings. The molecule has 0 heterocycles. The van der Waals surface area contributed by atoms with Gasteiger partial charge in [0.2, 0.25) is 0 Å². The van der Waals surface area contributed by atoms with Gasteiger partial charge in [0.05, 0.1) is 23.9 Å². The Balaban J connectivity index is 2.01. The van der Waals surface area contributed by atoms with Crippen LogP contribution < -0.4 is 0 Å². The van der Waals surface area contributed by atoms with Crippen LogP contribution in [0.4, 0.5) is 0 Å². The molecule has 8 heteroatoms. The summed E-state index contributed by atoms with van der Waals surface area (Å²) in [4.78, 5) is 8.87. The molecule has 0 spiro atoms. The van der Waals surface area contributed by atoms with E-state index in [1.54, 1.807) is 48.5 Å². The molecule has 0 saturated heterocycles. The van der Waals surface area contributed by atoms with E-state index in [1.807, 2.05) is 0 Å². The standard InChI is InChI=1S/C19H18Cl2N4O2/c20-16-6-2-14(3-7-16)18(12-24-26)22-10-1-11-23-19(13-25-27)15-4-8-17(21)9-5-15/h2-9,12-13,26-27H,1,10-11H2/b22-18?,23-19?,24-12+,25-13+. The van der Waals surface area contributed by atoms with Crippen LogP contribution in [0.2, 0.25) is 10.0 Å². The fourth-order valence-electron chi connectivity index (χ4n) is 2.23. The summed E-state index contributed by atoms with van der Waals surface area (Å²) in [6.45, 7) is 0.968. The molecule has 0 aromatic heterocycles. The maximum Gasteiger partial charge on any atom is 0.0919 e. The van der Waals surface area contributed by atoms with Crippen LogP contribution in [-0.2, 0) is 0 Å².